The monoisotopic (exact) mass is 523 g/mol. The van der Waals surface area contributed by atoms with E-state index in [4.69, 9.17) is 14.5 Å². The number of hydrogen-bond donors (Lipinski definition) is 2. The zero-order chi connectivity index (χ0) is 19.6. The Bertz CT molecular complexity index is 504. The van der Waals surface area contributed by atoms with Gasteiger partial charge in [-0.25, -0.2) is 0 Å². The van der Waals surface area contributed by atoms with E-state index in [-0.39, 0.29) is 29.9 Å². The van der Waals surface area contributed by atoms with E-state index in [0.29, 0.717) is 18.7 Å². The third-order valence-corrected chi connectivity index (χ3v) is 5.40. The Labute approximate surface area is 192 Å². The fourth-order valence-electron chi connectivity index (χ4n) is 3.59. The fraction of sp³-hybridized carbons (Fsp3) is 0.900. The SMILES string of the molecule is CCNC(=NCCCOC1CCOCC1)N1CCN(CC(=O)NC2CC2)CC1.I. The molecule has 168 valence electrons. The van der Waals surface area contributed by atoms with Crippen LogP contribution in [0, 0.1) is 0 Å². The Kier molecular flexibility index (Phi) is 11.6. The van der Waals surface area contributed by atoms with Crippen LogP contribution < -0.4 is 10.6 Å². The molecule has 8 nitrogen and oxygen atoms in total. The zero-order valence-corrected chi connectivity index (χ0v) is 20.1. The van der Waals surface area contributed by atoms with Gasteiger partial charge in [0.25, 0.3) is 0 Å². The van der Waals surface area contributed by atoms with Gasteiger partial charge in [0, 0.05) is 65.1 Å². The van der Waals surface area contributed by atoms with Crippen LogP contribution in [-0.4, -0.2) is 99.4 Å². The second-order valence-electron chi connectivity index (χ2n) is 7.88. The molecule has 2 aliphatic heterocycles. The van der Waals surface area contributed by atoms with Crippen LogP contribution in [0.4, 0.5) is 0 Å². The second kappa shape index (κ2) is 13.6. The molecular formula is C20H38IN5O3. The molecule has 3 rings (SSSR count). The molecule has 0 bridgehead atoms. The molecule has 29 heavy (non-hydrogen) atoms. The van der Waals surface area contributed by atoms with Crippen LogP contribution in [0.3, 0.4) is 0 Å². The molecule has 0 aromatic rings. The third-order valence-electron chi connectivity index (χ3n) is 5.40. The van der Waals surface area contributed by atoms with E-state index in [2.05, 4.69) is 27.4 Å². The minimum atomic E-state index is 0. The number of piperazine rings is 1. The highest BCUT2D eigenvalue weighted by Gasteiger charge is 2.25. The molecule has 3 aliphatic rings. The maximum Gasteiger partial charge on any atom is 0.234 e. The van der Waals surface area contributed by atoms with E-state index in [1.165, 1.54) is 0 Å². The van der Waals surface area contributed by atoms with Gasteiger partial charge in [-0.15, -0.1) is 24.0 Å². The predicted molar refractivity (Wildman–Crippen MR) is 125 cm³/mol. The summed E-state index contributed by atoms with van der Waals surface area (Å²) in [6.07, 6.45) is 5.60. The summed E-state index contributed by atoms with van der Waals surface area (Å²) in [5, 5.41) is 6.47. The van der Waals surface area contributed by atoms with E-state index in [0.717, 1.165) is 97.2 Å². The molecule has 0 aromatic carbocycles. The van der Waals surface area contributed by atoms with Crippen molar-refractivity contribution in [3.05, 3.63) is 0 Å². The van der Waals surface area contributed by atoms with Crippen LogP contribution in [0.5, 0.6) is 0 Å². The van der Waals surface area contributed by atoms with E-state index in [1.807, 2.05) is 0 Å². The number of nitrogens with one attached hydrogen (secondary N) is 2. The smallest absolute Gasteiger partial charge is 0.234 e. The molecule has 0 spiro atoms. The zero-order valence-electron chi connectivity index (χ0n) is 17.7. The van der Waals surface area contributed by atoms with Crippen molar-refractivity contribution >= 4 is 35.8 Å². The Balaban J connectivity index is 0.00000300. The van der Waals surface area contributed by atoms with Crippen LogP contribution in [0.1, 0.15) is 39.0 Å². The molecule has 2 saturated heterocycles. The van der Waals surface area contributed by atoms with Gasteiger partial charge >= 0.3 is 0 Å². The van der Waals surface area contributed by atoms with Crippen LogP contribution >= 0.6 is 24.0 Å². The van der Waals surface area contributed by atoms with Crippen molar-refractivity contribution in [2.45, 2.75) is 51.2 Å². The fourth-order valence-corrected chi connectivity index (χ4v) is 3.59. The highest BCUT2D eigenvalue weighted by Crippen LogP contribution is 2.18. The minimum absolute atomic E-state index is 0. The minimum Gasteiger partial charge on any atom is -0.381 e. The summed E-state index contributed by atoms with van der Waals surface area (Å²) in [4.78, 5) is 21.3. The van der Waals surface area contributed by atoms with Gasteiger partial charge in [0.15, 0.2) is 5.96 Å². The van der Waals surface area contributed by atoms with Crippen LogP contribution in [0.15, 0.2) is 4.99 Å². The number of carbonyl (C=O) groups is 1. The molecule has 3 fully saturated rings. The molecule has 9 heteroatoms. The van der Waals surface area contributed by atoms with Crippen molar-refractivity contribution in [1.82, 2.24) is 20.4 Å². The normalized spacial score (nSPS) is 21.6. The first-order valence-corrected chi connectivity index (χ1v) is 11.0. The Morgan fingerprint density at radius 1 is 1.14 bits per heavy atom. The lowest BCUT2D eigenvalue weighted by molar-refractivity contribution is -0.122. The third kappa shape index (κ3) is 9.35. The number of guanidine groups is 1. The van der Waals surface area contributed by atoms with Crippen molar-refractivity contribution < 1.29 is 14.3 Å². The van der Waals surface area contributed by atoms with Gasteiger partial charge in [-0.3, -0.25) is 14.7 Å². The number of halogens is 1. The average Bonchev–Trinajstić information content (AvgIpc) is 3.52. The Hall–Kier alpha value is -0.650. The number of rotatable bonds is 9. The number of carbonyl (C=O) groups excluding carboxylic acids is 1. The molecule has 0 radical (unpaired) electrons. The lowest BCUT2D eigenvalue weighted by atomic mass is 10.1. The van der Waals surface area contributed by atoms with Crippen LogP contribution in [0.25, 0.3) is 0 Å². The lowest BCUT2D eigenvalue weighted by Gasteiger charge is -2.36. The van der Waals surface area contributed by atoms with Crippen molar-refractivity contribution in [1.29, 1.82) is 0 Å². The first-order chi connectivity index (χ1) is 13.7. The molecular weight excluding hydrogens is 485 g/mol. The number of hydrogen-bond acceptors (Lipinski definition) is 5. The van der Waals surface area contributed by atoms with Crippen molar-refractivity contribution in [3.63, 3.8) is 0 Å². The maximum atomic E-state index is 12.0. The quantitative estimate of drug-likeness (QED) is 0.204. The number of amides is 1. The molecule has 1 amide bonds. The van der Waals surface area contributed by atoms with E-state index in [1.54, 1.807) is 0 Å². The van der Waals surface area contributed by atoms with Gasteiger partial charge < -0.3 is 25.0 Å². The molecule has 0 aromatic heterocycles. The summed E-state index contributed by atoms with van der Waals surface area (Å²) in [6.45, 7) is 10.3. The molecule has 0 unspecified atom stereocenters. The summed E-state index contributed by atoms with van der Waals surface area (Å²) in [7, 11) is 0. The highest BCUT2D eigenvalue weighted by molar-refractivity contribution is 14.0. The van der Waals surface area contributed by atoms with Crippen molar-refractivity contribution in [2.24, 2.45) is 4.99 Å². The Morgan fingerprint density at radius 2 is 1.86 bits per heavy atom. The first-order valence-electron chi connectivity index (χ1n) is 11.0. The number of aliphatic imine (C=N–C) groups is 1. The van der Waals surface area contributed by atoms with Gasteiger partial charge in [-0.1, -0.05) is 0 Å². The van der Waals surface area contributed by atoms with Crippen molar-refractivity contribution in [2.75, 3.05) is 65.6 Å². The lowest BCUT2D eigenvalue weighted by Crippen LogP contribution is -2.54. The highest BCUT2D eigenvalue weighted by atomic mass is 127. The van der Waals surface area contributed by atoms with Gasteiger partial charge in [-0.05, 0) is 39.0 Å². The maximum absolute atomic E-state index is 12.0. The summed E-state index contributed by atoms with van der Waals surface area (Å²) in [5.41, 5.74) is 0. The summed E-state index contributed by atoms with van der Waals surface area (Å²) in [5.74, 6) is 1.15. The molecule has 1 aliphatic carbocycles. The van der Waals surface area contributed by atoms with Gasteiger partial charge in [-0.2, -0.15) is 0 Å². The largest absolute Gasteiger partial charge is 0.381 e. The van der Waals surface area contributed by atoms with E-state index >= 15 is 0 Å². The second-order valence-corrected chi connectivity index (χ2v) is 7.88. The van der Waals surface area contributed by atoms with Gasteiger partial charge in [0.1, 0.15) is 0 Å². The first kappa shape index (κ1) is 24.6. The number of ether oxygens (including phenoxy) is 2. The standard InChI is InChI=1S/C20H37N5O3.HI/c1-2-21-20(22-8-3-13-28-18-6-14-27-15-7-18)25-11-9-24(10-12-25)16-19(26)23-17-4-5-17;/h17-18H,2-16H2,1H3,(H,21,22)(H,23,26);1H. The van der Waals surface area contributed by atoms with Crippen LogP contribution in [0.2, 0.25) is 0 Å². The number of nitrogens with zero attached hydrogens (tertiary/aromatic N) is 3. The molecule has 0 atom stereocenters. The van der Waals surface area contributed by atoms with Crippen LogP contribution in [-0.2, 0) is 14.3 Å². The molecule has 2 N–H and O–H groups in total. The topological polar surface area (TPSA) is 78.4 Å². The summed E-state index contributed by atoms with van der Waals surface area (Å²) in [6, 6.07) is 0.441. The predicted octanol–water partition coefficient (Wildman–Crippen LogP) is 1.05. The van der Waals surface area contributed by atoms with Gasteiger partial charge in [0.2, 0.25) is 5.91 Å². The van der Waals surface area contributed by atoms with Gasteiger partial charge in [0.05, 0.1) is 12.6 Å². The Morgan fingerprint density at radius 3 is 2.52 bits per heavy atom. The van der Waals surface area contributed by atoms with E-state index in [9.17, 15) is 4.79 Å². The average molecular weight is 523 g/mol. The van der Waals surface area contributed by atoms with E-state index < -0.39 is 0 Å². The molecule has 2 heterocycles. The summed E-state index contributed by atoms with van der Waals surface area (Å²) < 4.78 is 11.3. The summed E-state index contributed by atoms with van der Waals surface area (Å²) >= 11 is 0. The van der Waals surface area contributed by atoms with Crippen molar-refractivity contribution in [3.8, 4) is 0 Å². The molecule has 1 saturated carbocycles.